The lowest BCUT2D eigenvalue weighted by Gasteiger charge is -2.23. The molecule has 1 atom stereocenters. The van der Waals surface area contributed by atoms with Crippen LogP contribution in [0.4, 0.5) is 5.82 Å². The van der Waals surface area contributed by atoms with Crippen LogP contribution in [0.15, 0.2) is 29.9 Å². The summed E-state index contributed by atoms with van der Waals surface area (Å²) in [4.78, 5) is 8.03. The summed E-state index contributed by atoms with van der Waals surface area (Å²) in [6.45, 7) is 0.784. The van der Waals surface area contributed by atoms with Crippen molar-refractivity contribution in [2.45, 2.75) is 24.8 Å². The molecule has 1 unspecified atom stereocenters. The van der Waals surface area contributed by atoms with Crippen molar-refractivity contribution in [2.24, 2.45) is 0 Å². The number of anilines is 1. The highest BCUT2D eigenvalue weighted by molar-refractivity contribution is 7.10. The van der Waals surface area contributed by atoms with Gasteiger partial charge in [0.05, 0.1) is 6.04 Å². The first kappa shape index (κ1) is 14.6. The van der Waals surface area contributed by atoms with Crippen LogP contribution in [0.3, 0.4) is 0 Å². The van der Waals surface area contributed by atoms with Crippen molar-refractivity contribution in [3.05, 3.63) is 40.6 Å². The van der Waals surface area contributed by atoms with Crippen LogP contribution in [0.2, 0.25) is 0 Å². The Morgan fingerprint density at radius 2 is 2.26 bits per heavy atom. The van der Waals surface area contributed by atoms with E-state index in [0.29, 0.717) is 12.0 Å². The van der Waals surface area contributed by atoms with E-state index in [1.54, 1.807) is 11.3 Å². The number of hydrogen-bond donors (Lipinski definition) is 1. The summed E-state index contributed by atoms with van der Waals surface area (Å²) >= 11 is 1.78. The smallest absolute Gasteiger partial charge is 0.203 e. The minimum absolute atomic E-state index is 0.308. The summed E-state index contributed by atoms with van der Waals surface area (Å²) in [5.41, 5.74) is 0.818. The lowest BCUT2D eigenvalue weighted by molar-refractivity contribution is 0.316. The van der Waals surface area contributed by atoms with Crippen LogP contribution < -0.4 is 5.32 Å². The van der Waals surface area contributed by atoms with Crippen molar-refractivity contribution >= 4 is 22.8 Å². The van der Waals surface area contributed by atoms with Gasteiger partial charge in [-0.1, -0.05) is 6.07 Å². The average Bonchev–Trinajstić information content (AvgIpc) is 3.08. The van der Waals surface area contributed by atoms with Crippen LogP contribution in [0.1, 0.15) is 35.5 Å². The molecule has 1 saturated carbocycles. The van der Waals surface area contributed by atoms with Crippen molar-refractivity contribution in [1.82, 2.24) is 24.5 Å². The zero-order valence-electron chi connectivity index (χ0n) is 13.3. The van der Waals surface area contributed by atoms with Gasteiger partial charge < -0.3 is 10.2 Å². The number of nitrogens with zero attached hydrogens (tertiary/aromatic N) is 5. The molecule has 3 heterocycles. The fourth-order valence-electron chi connectivity index (χ4n) is 2.80. The van der Waals surface area contributed by atoms with Crippen LogP contribution in [0.25, 0.3) is 5.65 Å². The molecule has 3 aromatic heterocycles. The van der Waals surface area contributed by atoms with E-state index in [0.717, 1.165) is 23.8 Å². The second-order valence-corrected chi connectivity index (χ2v) is 7.16. The number of fused-ring (bicyclic) bond motifs is 1. The highest BCUT2D eigenvalue weighted by Gasteiger charge is 2.29. The molecule has 1 fully saturated rings. The molecular formula is C16H20N6S. The van der Waals surface area contributed by atoms with Gasteiger partial charge in [0, 0.05) is 29.7 Å². The van der Waals surface area contributed by atoms with Crippen molar-refractivity contribution in [3.8, 4) is 0 Å². The van der Waals surface area contributed by atoms with E-state index in [9.17, 15) is 0 Å². The number of aromatic nitrogens is 4. The summed E-state index contributed by atoms with van der Waals surface area (Å²) in [7, 11) is 4.20. The Morgan fingerprint density at radius 1 is 1.39 bits per heavy atom. The fourth-order valence-corrected chi connectivity index (χ4v) is 3.72. The van der Waals surface area contributed by atoms with Crippen LogP contribution >= 0.6 is 11.3 Å². The van der Waals surface area contributed by atoms with Gasteiger partial charge in [0.1, 0.15) is 5.82 Å². The van der Waals surface area contributed by atoms with Gasteiger partial charge >= 0.3 is 0 Å². The predicted octanol–water partition coefficient (Wildman–Crippen LogP) is 2.78. The Balaban J connectivity index is 1.57. The largest absolute Gasteiger partial charge is 0.365 e. The summed E-state index contributed by atoms with van der Waals surface area (Å²) in [5, 5.41) is 14.3. The van der Waals surface area contributed by atoms with Crippen molar-refractivity contribution in [3.63, 3.8) is 0 Å². The molecule has 1 aliphatic carbocycles. The minimum atomic E-state index is 0.308. The normalized spacial score (nSPS) is 16.1. The Morgan fingerprint density at radius 3 is 2.96 bits per heavy atom. The van der Waals surface area contributed by atoms with Gasteiger partial charge in [-0.3, -0.25) is 4.40 Å². The Labute approximate surface area is 139 Å². The highest BCUT2D eigenvalue weighted by Crippen LogP contribution is 2.39. The molecule has 0 amide bonds. The molecule has 0 spiro atoms. The SMILES string of the molecule is CN(C)C(CNc1nccn2c(C3CC3)nnc12)c1cccs1. The van der Waals surface area contributed by atoms with Crippen LogP contribution in [-0.4, -0.2) is 45.1 Å². The van der Waals surface area contributed by atoms with Crippen molar-refractivity contribution < 1.29 is 0 Å². The fraction of sp³-hybridized carbons (Fsp3) is 0.438. The molecule has 120 valence electrons. The van der Waals surface area contributed by atoms with E-state index < -0.39 is 0 Å². The van der Waals surface area contributed by atoms with E-state index in [1.807, 2.05) is 12.4 Å². The molecule has 0 bridgehead atoms. The number of nitrogens with one attached hydrogen (secondary N) is 1. The van der Waals surface area contributed by atoms with Gasteiger partial charge in [-0.2, -0.15) is 0 Å². The Kier molecular flexibility index (Phi) is 3.74. The monoisotopic (exact) mass is 328 g/mol. The Bertz CT molecular complexity index is 790. The zero-order chi connectivity index (χ0) is 15.8. The molecule has 0 saturated heterocycles. The predicted molar refractivity (Wildman–Crippen MR) is 92.0 cm³/mol. The molecule has 0 radical (unpaired) electrons. The molecule has 1 N–H and O–H groups in total. The first-order valence-electron chi connectivity index (χ1n) is 7.87. The third-order valence-corrected chi connectivity index (χ3v) is 5.23. The molecule has 0 aromatic carbocycles. The number of hydrogen-bond acceptors (Lipinski definition) is 6. The van der Waals surface area contributed by atoms with E-state index in [-0.39, 0.29) is 0 Å². The standard InChI is InChI=1S/C16H20N6S/c1-21(2)12(13-4-3-9-23-13)10-18-14-16-20-19-15(11-5-6-11)22(16)8-7-17-14/h3-4,7-9,11-12H,5-6,10H2,1-2H3,(H,17,18). The van der Waals surface area contributed by atoms with Gasteiger partial charge in [0.15, 0.2) is 5.82 Å². The second-order valence-electron chi connectivity index (χ2n) is 6.18. The molecule has 3 aromatic rings. The minimum Gasteiger partial charge on any atom is -0.365 e. The van der Waals surface area contributed by atoms with Gasteiger partial charge in [0.25, 0.3) is 0 Å². The van der Waals surface area contributed by atoms with Gasteiger partial charge in [0.2, 0.25) is 5.65 Å². The molecule has 6 nitrogen and oxygen atoms in total. The number of rotatable bonds is 6. The topological polar surface area (TPSA) is 58.4 Å². The molecule has 0 aliphatic heterocycles. The molecule has 23 heavy (non-hydrogen) atoms. The van der Waals surface area contributed by atoms with E-state index in [4.69, 9.17) is 0 Å². The summed E-state index contributed by atoms with van der Waals surface area (Å²) in [6, 6.07) is 4.58. The summed E-state index contributed by atoms with van der Waals surface area (Å²) in [5.74, 6) is 2.43. The van der Waals surface area contributed by atoms with Crippen molar-refractivity contribution in [2.75, 3.05) is 26.0 Å². The maximum atomic E-state index is 4.46. The molecular weight excluding hydrogens is 308 g/mol. The third kappa shape index (κ3) is 2.82. The van der Waals surface area contributed by atoms with Crippen LogP contribution in [0.5, 0.6) is 0 Å². The Hall–Kier alpha value is -1.99. The number of thiophene rings is 1. The van der Waals surface area contributed by atoms with Gasteiger partial charge in [-0.05, 0) is 38.4 Å². The van der Waals surface area contributed by atoms with Gasteiger partial charge in [-0.15, -0.1) is 21.5 Å². The third-order valence-electron chi connectivity index (χ3n) is 4.25. The maximum absolute atomic E-state index is 4.46. The number of likely N-dealkylation sites (N-methyl/N-ethyl adjacent to an activating group) is 1. The van der Waals surface area contributed by atoms with Crippen molar-refractivity contribution in [1.29, 1.82) is 0 Å². The molecule has 1 aliphatic rings. The van der Waals surface area contributed by atoms with E-state index in [2.05, 4.69) is 61.4 Å². The van der Waals surface area contributed by atoms with Gasteiger partial charge in [-0.25, -0.2) is 4.98 Å². The summed E-state index contributed by atoms with van der Waals surface area (Å²) < 4.78 is 2.07. The van der Waals surface area contributed by atoms with E-state index in [1.165, 1.54) is 17.7 Å². The van der Waals surface area contributed by atoms with Crippen LogP contribution in [0, 0.1) is 0 Å². The second kappa shape index (κ2) is 5.90. The lowest BCUT2D eigenvalue weighted by Crippen LogP contribution is -2.26. The zero-order valence-corrected chi connectivity index (χ0v) is 14.1. The lowest BCUT2D eigenvalue weighted by atomic mass is 10.2. The average molecular weight is 328 g/mol. The van der Waals surface area contributed by atoms with Crippen LogP contribution in [-0.2, 0) is 0 Å². The first-order valence-corrected chi connectivity index (χ1v) is 8.75. The molecule has 4 rings (SSSR count). The first-order chi connectivity index (χ1) is 11.2. The summed E-state index contributed by atoms with van der Waals surface area (Å²) in [6.07, 6.45) is 6.21. The molecule has 7 heteroatoms. The highest BCUT2D eigenvalue weighted by atomic mass is 32.1. The maximum Gasteiger partial charge on any atom is 0.203 e. The quantitative estimate of drug-likeness (QED) is 0.754. The van der Waals surface area contributed by atoms with E-state index >= 15 is 0 Å².